The minimum atomic E-state index is -1.55. The largest absolute Gasteiger partial charge is 0.481 e. The Bertz CT molecular complexity index is 2130. The molecule has 0 aliphatic heterocycles. The zero-order chi connectivity index (χ0) is 47.0. The van der Waals surface area contributed by atoms with Crippen LogP contribution in [0.5, 0.6) is 0 Å². The summed E-state index contributed by atoms with van der Waals surface area (Å²) in [6.07, 6.45) is -0.869. The van der Waals surface area contributed by atoms with Gasteiger partial charge in [0.25, 0.3) is 0 Å². The molecule has 4 atom stereocenters. The van der Waals surface area contributed by atoms with E-state index in [9.17, 15) is 53.0 Å². The Morgan fingerprint density at radius 1 is 0.841 bits per heavy atom. The number of carboxylic acid groups (broad SMARTS) is 2. The topological polar surface area (TPSA) is 280 Å². The number of aliphatic hydroxyl groups is 1. The van der Waals surface area contributed by atoms with E-state index in [1.54, 1.807) is 37.6 Å². The van der Waals surface area contributed by atoms with Crippen LogP contribution >= 0.6 is 15.9 Å². The quantitative estimate of drug-likeness (QED) is 0.0601. The molecule has 18 nitrogen and oxygen atoms in total. The second kappa shape index (κ2) is 23.8. The lowest BCUT2D eigenvalue weighted by atomic mass is 9.82. The number of aliphatic hydroxyl groups excluding tert-OH is 1. The lowest BCUT2D eigenvalue weighted by molar-refractivity contribution is -0.143. The molecule has 0 aliphatic rings. The van der Waals surface area contributed by atoms with Crippen LogP contribution in [-0.4, -0.2) is 115 Å². The third-order valence-corrected chi connectivity index (χ3v) is 10.1. The summed E-state index contributed by atoms with van der Waals surface area (Å²) >= 11 is 2.95. The third-order valence-electron chi connectivity index (χ3n) is 9.63. The molecule has 21 heteroatoms. The van der Waals surface area contributed by atoms with Gasteiger partial charge in [-0.1, -0.05) is 67.0 Å². The number of amides is 6. The number of aromatic nitrogens is 1. The van der Waals surface area contributed by atoms with E-state index in [0.29, 0.717) is 5.69 Å². The number of aliphatic carboxylic acids is 2. The van der Waals surface area contributed by atoms with Crippen molar-refractivity contribution in [3.8, 4) is 11.1 Å². The number of alkyl halides is 1. The van der Waals surface area contributed by atoms with Crippen molar-refractivity contribution in [3.63, 3.8) is 0 Å². The molecule has 1 heterocycles. The van der Waals surface area contributed by atoms with Gasteiger partial charge in [-0.05, 0) is 48.1 Å². The number of carbonyl (C=O) groups is 8. The summed E-state index contributed by atoms with van der Waals surface area (Å²) in [5.74, 6) is -9.42. The third kappa shape index (κ3) is 15.9. The summed E-state index contributed by atoms with van der Waals surface area (Å²) in [5.41, 5.74) is 5.95. The lowest BCUT2D eigenvalue weighted by Gasteiger charge is -2.41. The monoisotopic (exact) mass is 947 g/mol. The van der Waals surface area contributed by atoms with Crippen LogP contribution in [0.1, 0.15) is 70.2 Å². The zero-order valence-electron chi connectivity index (χ0n) is 34.9. The fraction of sp³-hybridized carbons (Fsp3) is 0.429. The van der Waals surface area contributed by atoms with Crippen molar-refractivity contribution < 1.29 is 62.5 Å². The lowest BCUT2D eigenvalue weighted by Crippen LogP contribution is -2.56. The molecule has 0 radical (unpaired) electrons. The minimum absolute atomic E-state index is 0.0554. The maximum absolute atomic E-state index is 15.2. The van der Waals surface area contributed by atoms with Crippen LogP contribution in [0, 0.1) is 17.0 Å². The van der Waals surface area contributed by atoms with Crippen molar-refractivity contribution in [1.82, 2.24) is 30.7 Å². The van der Waals surface area contributed by atoms with Crippen LogP contribution in [-0.2, 0) is 44.9 Å². The molecular weight excluding hydrogens is 896 g/mol. The highest BCUT2D eigenvalue weighted by Gasteiger charge is 2.38. The first-order valence-corrected chi connectivity index (χ1v) is 20.8. The van der Waals surface area contributed by atoms with E-state index in [2.05, 4.69) is 37.2 Å². The number of nitrogens with zero attached hydrogens (tertiary/aromatic N) is 2. The Balaban J connectivity index is 2.05. The molecule has 2 aromatic carbocycles. The van der Waals surface area contributed by atoms with Crippen LogP contribution in [0.3, 0.4) is 0 Å². The van der Waals surface area contributed by atoms with Gasteiger partial charge in [-0.15, -0.1) is 0 Å². The molecule has 0 fully saturated rings. The fourth-order valence-corrected chi connectivity index (χ4v) is 6.93. The Morgan fingerprint density at radius 2 is 1.51 bits per heavy atom. The van der Waals surface area contributed by atoms with Gasteiger partial charge in [-0.25, -0.2) is 13.6 Å². The van der Waals surface area contributed by atoms with Crippen molar-refractivity contribution in [2.75, 3.05) is 25.0 Å². The van der Waals surface area contributed by atoms with Gasteiger partial charge < -0.3 is 51.8 Å². The first kappa shape index (κ1) is 51.1. The average molecular weight is 949 g/mol. The number of carboxylic acids is 2. The first-order chi connectivity index (χ1) is 29.6. The van der Waals surface area contributed by atoms with Gasteiger partial charge in [0.05, 0.1) is 17.8 Å². The van der Waals surface area contributed by atoms with Crippen LogP contribution in [0.2, 0.25) is 0 Å². The van der Waals surface area contributed by atoms with Crippen molar-refractivity contribution >= 4 is 63.3 Å². The number of nitrogens with two attached hydrogens (primary N) is 1. The number of rotatable bonds is 24. The molecule has 0 unspecified atom stereocenters. The Kier molecular flexibility index (Phi) is 19.4. The van der Waals surface area contributed by atoms with Gasteiger partial charge in [0.2, 0.25) is 35.4 Å². The Hall–Kier alpha value is -6.22. The molecule has 63 heavy (non-hydrogen) atoms. The van der Waals surface area contributed by atoms with Crippen LogP contribution in [0.15, 0.2) is 60.8 Å². The SMILES string of the molecule is CC(C)(C)[C@H](c1cc(-c2cc(F)ccc2F)cn1Cc1ccccc1)N(CC[C@H](NC(=O)[C@H](CC(N)=O)NC(=O)CBr)C(=O)NCCC(=O)N[C@H](CCC(=O)O)C(=O)O)C(=O)CO. The second-order valence-corrected chi connectivity index (χ2v) is 16.2. The first-order valence-electron chi connectivity index (χ1n) is 19.7. The van der Waals surface area contributed by atoms with Crippen molar-refractivity contribution in [2.45, 2.75) is 83.6 Å². The van der Waals surface area contributed by atoms with Crippen molar-refractivity contribution in [3.05, 3.63) is 83.7 Å². The van der Waals surface area contributed by atoms with E-state index >= 15 is 4.39 Å². The van der Waals surface area contributed by atoms with Gasteiger partial charge in [0.15, 0.2) is 0 Å². The molecule has 0 aliphatic carbocycles. The highest BCUT2D eigenvalue weighted by Crippen LogP contribution is 2.41. The minimum Gasteiger partial charge on any atom is -0.481 e. The van der Waals surface area contributed by atoms with E-state index in [-0.39, 0.29) is 36.0 Å². The summed E-state index contributed by atoms with van der Waals surface area (Å²) in [7, 11) is 0. The van der Waals surface area contributed by atoms with E-state index in [1.807, 2.05) is 30.3 Å². The molecule has 0 bridgehead atoms. The number of hydrogen-bond acceptors (Lipinski definition) is 9. The predicted molar refractivity (Wildman–Crippen MR) is 226 cm³/mol. The maximum atomic E-state index is 15.2. The molecule has 0 spiro atoms. The summed E-state index contributed by atoms with van der Waals surface area (Å²) in [6, 6.07) is 8.17. The Labute approximate surface area is 370 Å². The van der Waals surface area contributed by atoms with Crippen LogP contribution < -0.4 is 27.0 Å². The molecule has 0 saturated carbocycles. The van der Waals surface area contributed by atoms with Crippen molar-refractivity contribution in [2.24, 2.45) is 11.1 Å². The second-order valence-electron chi connectivity index (χ2n) is 15.6. The molecule has 3 aromatic rings. The van der Waals surface area contributed by atoms with E-state index < -0.39 is 127 Å². The normalized spacial score (nSPS) is 13.1. The van der Waals surface area contributed by atoms with Crippen molar-refractivity contribution in [1.29, 1.82) is 0 Å². The van der Waals surface area contributed by atoms with Gasteiger partial charge in [-0.3, -0.25) is 33.6 Å². The van der Waals surface area contributed by atoms with Gasteiger partial charge >= 0.3 is 11.9 Å². The number of halogens is 3. The number of nitrogens with one attached hydrogen (secondary N) is 4. The summed E-state index contributed by atoms with van der Waals surface area (Å²) in [5, 5.41) is 37.8. The molecular formula is C42H52BrF2N7O11. The number of benzene rings is 2. The molecule has 0 saturated heterocycles. The van der Waals surface area contributed by atoms with E-state index in [0.717, 1.165) is 23.8 Å². The summed E-state index contributed by atoms with van der Waals surface area (Å²) < 4.78 is 31.4. The summed E-state index contributed by atoms with van der Waals surface area (Å²) in [6.45, 7) is 3.84. The summed E-state index contributed by atoms with van der Waals surface area (Å²) in [4.78, 5) is 102. The Morgan fingerprint density at radius 3 is 2.10 bits per heavy atom. The highest BCUT2D eigenvalue weighted by molar-refractivity contribution is 9.09. The predicted octanol–water partition coefficient (Wildman–Crippen LogP) is 1.96. The van der Waals surface area contributed by atoms with E-state index in [1.165, 1.54) is 4.90 Å². The maximum Gasteiger partial charge on any atom is 0.326 e. The average Bonchev–Trinajstić information content (AvgIpc) is 3.61. The number of carbonyl (C=O) groups excluding carboxylic acids is 6. The smallest absolute Gasteiger partial charge is 0.326 e. The number of hydrogen-bond donors (Lipinski definition) is 8. The molecule has 9 N–H and O–H groups in total. The van der Waals surface area contributed by atoms with Gasteiger partial charge in [-0.2, -0.15) is 0 Å². The standard InChI is InChI=1S/C42H52BrF2N7O11/c1-42(2,3)38(32-17-25(27-18-26(44)9-10-28(27)45)22-51(32)21-24-7-5-4-6-8-24)52(36(57)23-53)16-14-29(50-40(61)31(19-33(46)54)49-35(56)20-43)39(60)47-15-13-34(55)48-30(41(62)63)11-12-37(58)59/h4-10,17-18,22,29-31,38,53H,11-16,19-21,23H2,1-3H3,(H2,46,54)(H,47,60)(H,48,55)(H,49,56)(H,50,61)(H,58,59)(H,62,63)/t29-,30+,31-,38-/m0/s1. The van der Waals surface area contributed by atoms with Crippen LogP contribution in [0.25, 0.3) is 11.1 Å². The fourth-order valence-electron chi connectivity index (χ4n) is 6.77. The molecule has 6 amide bonds. The zero-order valence-corrected chi connectivity index (χ0v) is 36.5. The number of primary amides is 1. The highest BCUT2D eigenvalue weighted by atomic mass is 79.9. The molecule has 1 aromatic heterocycles. The molecule has 342 valence electrons. The van der Waals surface area contributed by atoms with Crippen LogP contribution in [0.4, 0.5) is 8.78 Å². The van der Waals surface area contributed by atoms with E-state index in [4.69, 9.17) is 10.8 Å². The van der Waals surface area contributed by atoms with Gasteiger partial charge in [0, 0.05) is 55.5 Å². The van der Waals surface area contributed by atoms with Gasteiger partial charge in [0.1, 0.15) is 36.4 Å². The molecule has 3 rings (SSSR count).